The van der Waals surface area contributed by atoms with Gasteiger partial charge in [0.15, 0.2) is 0 Å². The van der Waals surface area contributed by atoms with E-state index < -0.39 is 0 Å². The van der Waals surface area contributed by atoms with Crippen LogP contribution in [-0.2, 0) is 0 Å². The van der Waals surface area contributed by atoms with Crippen molar-refractivity contribution in [1.82, 2.24) is 0 Å². The average molecular weight is 112 g/mol. The molecule has 36 valence electrons. The smallest absolute Gasteiger partial charge is 0.0954 e. The Morgan fingerprint density at radius 3 is 2.86 bits per heavy atom. The van der Waals surface area contributed by atoms with Gasteiger partial charge < -0.3 is 0 Å². The number of hydrogen-bond acceptors (Lipinski definition) is 3. The van der Waals surface area contributed by atoms with Gasteiger partial charge in [0.2, 0.25) is 0 Å². The Labute approximate surface area is 46.9 Å². The number of nitrogens with zero attached hydrogens (tertiary/aromatic N) is 2. The maximum Gasteiger partial charge on any atom is 0.0954 e. The third kappa shape index (κ3) is 1.16. The standard InChI is InChI=1S/C4H4N2S/c7-4-1-2-5-6-3-4/h1-2H,3H2. The highest BCUT2D eigenvalue weighted by atomic mass is 32.1. The molecule has 1 rings (SSSR count). The summed E-state index contributed by atoms with van der Waals surface area (Å²) in [5.74, 6) is 0. The number of azo groups is 1. The molecule has 0 aromatic carbocycles. The first-order valence-electron chi connectivity index (χ1n) is 1.95. The third-order valence-corrected chi connectivity index (χ3v) is 0.900. The first-order chi connectivity index (χ1) is 3.39. The Balaban J connectivity index is 2.66. The molecule has 0 amide bonds. The minimum Gasteiger partial charge on any atom is -0.184 e. The second-order valence-electron chi connectivity index (χ2n) is 1.20. The molecule has 0 fully saturated rings. The second kappa shape index (κ2) is 1.93. The van der Waals surface area contributed by atoms with E-state index in [-0.39, 0.29) is 0 Å². The fraction of sp³-hybridized carbons (Fsp3) is 0.250. The maximum absolute atomic E-state index is 4.77. The van der Waals surface area contributed by atoms with Crippen molar-refractivity contribution < 1.29 is 0 Å². The Morgan fingerprint density at radius 2 is 2.57 bits per heavy atom. The van der Waals surface area contributed by atoms with Gasteiger partial charge in [-0.1, -0.05) is 12.2 Å². The number of thiocarbonyl (C=S) groups is 1. The van der Waals surface area contributed by atoms with Gasteiger partial charge in [-0.05, 0) is 6.08 Å². The van der Waals surface area contributed by atoms with Crippen LogP contribution in [-0.4, -0.2) is 11.4 Å². The van der Waals surface area contributed by atoms with Gasteiger partial charge >= 0.3 is 0 Å². The van der Waals surface area contributed by atoms with Crippen molar-refractivity contribution in [2.75, 3.05) is 6.54 Å². The quantitative estimate of drug-likeness (QED) is 0.434. The first-order valence-corrected chi connectivity index (χ1v) is 2.36. The Kier molecular flexibility index (Phi) is 1.26. The molecule has 2 nitrogen and oxygen atoms in total. The van der Waals surface area contributed by atoms with Crippen molar-refractivity contribution in [2.24, 2.45) is 10.2 Å². The van der Waals surface area contributed by atoms with Crippen LogP contribution in [0.5, 0.6) is 0 Å². The van der Waals surface area contributed by atoms with Crippen LogP contribution in [0.1, 0.15) is 0 Å². The van der Waals surface area contributed by atoms with Gasteiger partial charge in [-0.25, -0.2) is 0 Å². The number of hydrogen-bond donors (Lipinski definition) is 0. The molecule has 0 atom stereocenters. The molecule has 3 heteroatoms. The van der Waals surface area contributed by atoms with Gasteiger partial charge in [-0.15, -0.1) is 0 Å². The Morgan fingerprint density at radius 1 is 1.71 bits per heavy atom. The molecule has 1 aliphatic heterocycles. The van der Waals surface area contributed by atoms with Crippen molar-refractivity contribution in [1.29, 1.82) is 0 Å². The van der Waals surface area contributed by atoms with E-state index in [0.29, 0.717) is 6.54 Å². The third-order valence-electron chi connectivity index (χ3n) is 0.635. The van der Waals surface area contributed by atoms with Crippen LogP contribution in [0.2, 0.25) is 0 Å². The molecule has 0 spiro atoms. The molecule has 1 heterocycles. The highest BCUT2D eigenvalue weighted by molar-refractivity contribution is 7.80. The SMILES string of the molecule is S=C1C=CN=NC1. The summed E-state index contributed by atoms with van der Waals surface area (Å²) >= 11 is 4.77. The lowest BCUT2D eigenvalue weighted by molar-refractivity contribution is 1.09. The van der Waals surface area contributed by atoms with Gasteiger partial charge in [0.25, 0.3) is 0 Å². The Bertz CT molecular complexity index is 137. The molecule has 0 aliphatic carbocycles. The predicted molar refractivity (Wildman–Crippen MR) is 31.5 cm³/mol. The monoisotopic (exact) mass is 112 g/mol. The van der Waals surface area contributed by atoms with Crippen molar-refractivity contribution in [3.63, 3.8) is 0 Å². The molecule has 0 bridgehead atoms. The molecule has 7 heavy (non-hydrogen) atoms. The van der Waals surface area contributed by atoms with E-state index in [9.17, 15) is 0 Å². The van der Waals surface area contributed by atoms with Gasteiger partial charge in [-0.3, -0.25) is 0 Å². The van der Waals surface area contributed by atoms with Gasteiger partial charge in [-0.2, -0.15) is 10.2 Å². The van der Waals surface area contributed by atoms with Crippen LogP contribution in [0.25, 0.3) is 0 Å². The number of rotatable bonds is 0. The van der Waals surface area contributed by atoms with Crippen LogP contribution in [0.3, 0.4) is 0 Å². The van der Waals surface area contributed by atoms with E-state index in [2.05, 4.69) is 10.2 Å². The van der Waals surface area contributed by atoms with E-state index in [1.54, 1.807) is 12.3 Å². The summed E-state index contributed by atoms with van der Waals surface area (Å²) in [5, 5.41) is 7.24. The summed E-state index contributed by atoms with van der Waals surface area (Å²) < 4.78 is 0. The van der Waals surface area contributed by atoms with E-state index in [1.807, 2.05) is 0 Å². The fourth-order valence-corrected chi connectivity index (χ4v) is 0.445. The summed E-state index contributed by atoms with van der Waals surface area (Å²) in [7, 11) is 0. The van der Waals surface area contributed by atoms with Crippen molar-refractivity contribution in [3.05, 3.63) is 12.3 Å². The first kappa shape index (κ1) is 4.59. The van der Waals surface area contributed by atoms with E-state index in [4.69, 9.17) is 12.2 Å². The molecule has 0 saturated heterocycles. The summed E-state index contributed by atoms with van der Waals surface area (Å²) in [6.07, 6.45) is 3.38. The Hall–Kier alpha value is -0.570. The summed E-state index contributed by atoms with van der Waals surface area (Å²) in [5.41, 5.74) is 0. The molecule has 1 aliphatic rings. The van der Waals surface area contributed by atoms with E-state index >= 15 is 0 Å². The second-order valence-corrected chi connectivity index (χ2v) is 1.72. The summed E-state index contributed by atoms with van der Waals surface area (Å²) in [6, 6.07) is 0. The van der Waals surface area contributed by atoms with Gasteiger partial charge in [0.05, 0.1) is 12.7 Å². The zero-order valence-electron chi connectivity index (χ0n) is 3.66. The molecule has 0 radical (unpaired) electrons. The van der Waals surface area contributed by atoms with Crippen LogP contribution >= 0.6 is 12.2 Å². The largest absolute Gasteiger partial charge is 0.184 e. The summed E-state index contributed by atoms with van der Waals surface area (Å²) in [6.45, 7) is 0.589. The predicted octanol–water partition coefficient (Wildman–Crippen LogP) is 1.34. The zero-order valence-corrected chi connectivity index (χ0v) is 4.48. The van der Waals surface area contributed by atoms with Gasteiger partial charge in [0, 0.05) is 4.86 Å². The van der Waals surface area contributed by atoms with Crippen molar-refractivity contribution in [2.45, 2.75) is 0 Å². The molecular formula is C4H4N2S. The molecular weight excluding hydrogens is 108 g/mol. The minimum absolute atomic E-state index is 0.589. The van der Waals surface area contributed by atoms with Gasteiger partial charge in [0.1, 0.15) is 0 Å². The highest BCUT2D eigenvalue weighted by Gasteiger charge is 1.89. The van der Waals surface area contributed by atoms with Crippen LogP contribution in [0, 0.1) is 0 Å². The average Bonchev–Trinajstić information content (AvgIpc) is 1.69. The highest BCUT2D eigenvalue weighted by Crippen LogP contribution is 1.91. The summed E-state index contributed by atoms with van der Waals surface area (Å²) in [4.78, 5) is 0.856. The molecule has 0 saturated carbocycles. The fourth-order valence-electron chi connectivity index (χ4n) is 0.327. The van der Waals surface area contributed by atoms with Crippen molar-refractivity contribution >= 4 is 17.1 Å². The van der Waals surface area contributed by atoms with Crippen LogP contribution in [0.4, 0.5) is 0 Å². The topological polar surface area (TPSA) is 24.7 Å². The zero-order chi connectivity index (χ0) is 5.11. The molecule has 0 aromatic heterocycles. The maximum atomic E-state index is 4.77. The van der Waals surface area contributed by atoms with Crippen molar-refractivity contribution in [3.8, 4) is 0 Å². The van der Waals surface area contributed by atoms with Crippen LogP contribution < -0.4 is 0 Å². The van der Waals surface area contributed by atoms with Crippen LogP contribution in [0.15, 0.2) is 22.5 Å². The minimum atomic E-state index is 0.589. The molecule has 0 N–H and O–H groups in total. The van der Waals surface area contributed by atoms with E-state index in [1.165, 1.54) is 0 Å². The normalized spacial score (nSPS) is 18.0. The lowest BCUT2D eigenvalue weighted by Gasteiger charge is -1.90. The lowest BCUT2D eigenvalue weighted by Crippen LogP contribution is -1.95. The van der Waals surface area contributed by atoms with E-state index in [0.717, 1.165) is 4.86 Å². The molecule has 0 unspecified atom stereocenters. The molecule has 0 aromatic rings. The lowest BCUT2D eigenvalue weighted by atomic mass is 10.4.